The molecule has 0 bridgehead atoms. The molecule has 3 nitrogen and oxygen atoms in total. The molecule has 1 amide bonds. The van der Waals surface area contributed by atoms with E-state index in [9.17, 15) is 18.0 Å². The van der Waals surface area contributed by atoms with Crippen molar-refractivity contribution in [3.8, 4) is 0 Å². The Labute approximate surface area is 111 Å². The first-order valence-corrected chi connectivity index (χ1v) is 6.89. The lowest BCUT2D eigenvalue weighted by Crippen LogP contribution is -2.69. The van der Waals surface area contributed by atoms with Gasteiger partial charge in [-0.1, -0.05) is 6.92 Å². The van der Waals surface area contributed by atoms with Gasteiger partial charge in [0.2, 0.25) is 5.91 Å². The van der Waals surface area contributed by atoms with Crippen molar-refractivity contribution in [1.82, 2.24) is 4.90 Å². The molecule has 6 heteroatoms. The molecule has 2 N–H and O–H groups in total. The maximum absolute atomic E-state index is 12.5. The molecule has 0 aromatic carbocycles. The predicted octanol–water partition coefficient (Wildman–Crippen LogP) is 2.30. The molecule has 2 fully saturated rings. The molecule has 1 aliphatic heterocycles. The summed E-state index contributed by atoms with van der Waals surface area (Å²) >= 11 is 0. The number of amides is 1. The van der Waals surface area contributed by atoms with Crippen molar-refractivity contribution in [3.63, 3.8) is 0 Å². The van der Waals surface area contributed by atoms with Gasteiger partial charge in [-0.2, -0.15) is 13.2 Å². The zero-order valence-corrected chi connectivity index (χ0v) is 11.2. The monoisotopic (exact) mass is 278 g/mol. The molecule has 0 atom stereocenters. The molecule has 0 spiro atoms. The van der Waals surface area contributed by atoms with Gasteiger partial charge in [-0.05, 0) is 32.1 Å². The maximum Gasteiger partial charge on any atom is 0.391 e. The van der Waals surface area contributed by atoms with E-state index < -0.39 is 12.1 Å². The largest absolute Gasteiger partial charge is 0.391 e. The van der Waals surface area contributed by atoms with Crippen molar-refractivity contribution in [2.75, 3.05) is 13.1 Å². The van der Waals surface area contributed by atoms with E-state index in [0.29, 0.717) is 25.9 Å². The van der Waals surface area contributed by atoms with Crippen LogP contribution in [0.5, 0.6) is 0 Å². The van der Waals surface area contributed by atoms with Crippen molar-refractivity contribution >= 4 is 5.91 Å². The van der Waals surface area contributed by atoms with E-state index in [1.165, 1.54) is 0 Å². The average Bonchev–Trinajstić information content (AvgIpc) is 2.33. The highest BCUT2D eigenvalue weighted by Gasteiger charge is 2.46. The number of likely N-dealkylation sites (tertiary alicyclic amines) is 1. The molecule has 2 aliphatic rings. The molecule has 1 saturated carbocycles. The summed E-state index contributed by atoms with van der Waals surface area (Å²) in [7, 11) is 0. The molecule has 1 saturated heterocycles. The molecule has 19 heavy (non-hydrogen) atoms. The van der Waals surface area contributed by atoms with Crippen LogP contribution in [-0.4, -0.2) is 35.6 Å². The van der Waals surface area contributed by atoms with Crippen LogP contribution >= 0.6 is 0 Å². The molecule has 1 heterocycles. The van der Waals surface area contributed by atoms with Crippen LogP contribution in [-0.2, 0) is 4.79 Å². The fourth-order valence-electron chi connectivity index (χ4n) is 3.02. The summed E-state index contributed by atoms with van der Waals surface area (Å²) in [5.41, 5.74) is 5.72. The summed E-state index contributed by atoms with van der Waals surface area (Å²) in [6, 6.07) is 0. The second-order valence-electron chi connectivity index (χ2n) is 6.00. The van der Waals surface area contributed by atoms with E-state index in [4.69, 9.17) is 5.73 Å². The number of carbonyl (C=O) groups excluding carboxylic acids is 1. The molecule has 0 unspecified atom stereocenters. The van der Waals surface area contributed by atoms with Gasteiger partial charge in [0.25, 0.3) is 0 Å². The Kier molecular flexibility index (Phi) is 3.82. The van der Waals surface area contributed by atoms with Crippen LogP contribution in [0.2, 0.25) is 0 Å². The van der Waals surface area contributed by atoms with Gasteiger partial charge in [-0.15, -0.1) is 0 Å². The maximum atomic E-state index is 12.5. The first kappa shape index (κ1) is 14.6. The van der Waals surface area contributed by atoms with Gasteiger partial charge < -0.3 is 10.6 Å². The fraction of sp³-hybridized carbons (Fsp3) is 0.923. The highest BCUT2D eigenvalue weighted by molar-refractivity contribution is 5.80. The van der Waals surface area contributed by atoms with E-state index >= 15 is 0 Å². The fourth-order valence-corrected chi connectivity index (χ4v) is 3.02. The molecule has 0 radical (unpaired) electrons. The summed E-state index contributed by atoms with van der Waals surface area (Å²) in [5, 5.41) is 0. The van der Waals surface area contributed by atoms with Gasteiger partial charge in [0.1, 0.15) is 0 Å². The minimum Gasteiger partial charge on any atom is -0.339 e. The van der Waals surface area contributed by atoms with Gasteiger partial charge in [0.05, 0.1) is 11.5 Å². The highest BCUT2D eigenvalue weighted by atomic mass is 19.4. The molecule has 0 aromatic heterocycles. The van der Waals surface area contributed by atoms with Crippen LogP contribution in [0.3, 0.4) is 0 Å². The minimum absolute atomic E-state index is 0.00449. The minimum atomic E-state index is -4.11. The van der Waals surface area contributed by atoms with Crippen molar-refractivity contribution in [3.05, 3.63) is 0 Å². The standard InChI is InChI=1S/C13H21F3N2O/c1-2-12(17)7-18(8-12)11(19)9-3-5-10(6-4-9)13(14,15)16/h9-10H,2-8,17H2,1H3. The third-order valence-corrected chi connectivity index (χ3v) is 4.57. The van der Waals surface area contributed by atoms with Crippen LogP contribution in [0.15, 0.2) is 0 Å². The third-order valence-electron chi connectivity index (χ3n) is 4.57. The van der Waals surface area contributed by atoms with Crippen LogP contribution in [0.1, 0.15) is 39.0 Å². The van der Waals surface area contributed by atoms with Gasteiger partial charge in [-0.3, -0.25) is 4.79 Å². The first-order chi connectivity index (χ1) is 8.75. The lowest BCUT2D eigenvalue weighted by Gasteiger charge is -2.49. The molecule has 1 aliphatic carbocycles. The molecule has 2 rings (SSSR count). The van der Waals surface area contributed by atoms with Gasteiger partial charge in [0.15, 0.2) is 0 Å². The summed E-state index contributed by atoms with van der Waals surface area (Å²) in [5.74, 6) is -1.47. The second kappa shape index (κ2) is 4.96. The average molecular weight is 278 g/mol. The van der Waals surface area contributed by atoms with E-state index in [2.05, 4.69) is 0 Å². The van der Waals surface area contributed by atoms with Gasteiger partial charge in [0, 0.05) is 19.0 Å². The number of hydrogen-bond acceptors (Lipinski definition) is 2. The van der Waals surface area contributed by atoms with E-state index in [0.717, 1.165) is 6.42 Å². The van der Waals surface area contributed by atoms with Gasteiger partial charge in [-0.25, -0.2) is 0 Å². The number of carbonyl (C=O) groups is 1. The van der Waals surface area contributed by atoms with E-state index in [1.54, 1.807) is 4.90 Å². The predicted molar refractivity (Wildman–Crippen MR) is 65.3 cm³/mol. The molecule has 0 aromatic rings. The molecular weight excluding hydrogens is 257 g/mol. The van der Waals surface area contributed by atoms with Crippen LogP contribution in [0, 0.1) is 11.8 Å². The van der Waals surface area contributed by atoms with Gasteiger partial charge >= 0.3 is 6.18 Å². The third kappa shape index (κ3) is 3.04. The summed E-state index contributed by atoms with van der Waals surface area (Å²) in [4.78, 5) is 13.8. The number of hydrogen-bond donors (Lipinski definition) is 1. The smallest absolute Gasteiger partial charge is 0.339 e. The van der Waals surface area contributed by atoms with Crippen LogP contribution < -0.4 is 5.73 Å². The Morgan fingerprint density at radius 3 is 2.21 bits per heavy atom. The highest BCUT2D eigenvalue weighted by Crippen LogP contribution is 2.40. The van der Waals surface area contributed by atoms with Crippen LogP contribution in [0.4, 0.5) is 13.2 Å². The lowest BCUT2D eigenvalue weighted by atomic mass is 9.79. The molecule has 110 valence electrons. The SMILES string of the molecule is CCC1(N)CN(C(=O)C2CCC(C(F)(F)F)CC2)C1. The number of rotatable bonds is 2. The zero-order chi connectivity index (χ0) is 14.3. The van der Waals surface area contributed by atoms with E-state index in [1.807, 2.05) is 6.92 Å². The van der Waals surface area contributed by atoms with Crippen molar-refractivity contribution in [1.29, 1.82) is 0 Å². The second-order valence-corrected chi connectivity index (χ2v) is 6.00. The number of nitrogens with zero attached hydrogens (tertiary/aromatic N) is 1. The lowest BCUT2D eigenvalue weighted by molar-refractivity contribution is -0.186. The molecular formula is C13H21F3N2O. The Balaban J connectivity index is 1.81. The topological polar surface area (TPSA) is 46.3 Å². The number of halogens is 3. The van der Waals surface area contributed by atoms with E-state index in [-0.39, 0.29) is 30.2 Å². The number of nitrogens with two attached hydrogens (primary N) is 1. The van der Waals surface area contributed by atoms with Crippen LogP contribution in [0.25, 0.3) is 0 Å². The Morgan fingerprint density at radius 2 is 1.79 bits per heavy atom. The Morgan fingerprint density at radius 1 is 1.26 bits per heavy atom. The normalized spacial score (nSPS) is 30.9. The van der Waals surface area contributed by atoms with Crippen molar-refractivity contribution in [2.45, 2.75) is 50.7 Å². The quantitative estimate of drug-likeness (QED) is 0.842. The van der Waals surface area contributed by atoms with Crippen molar-refractivity contribution < 1.29 is 18.0 Å². The Bertz CT molecular complexity index is 342. The zero-order valence-electron chi connectivity index (χ0n) is 11.2. The first-order valence-electron chi connectivity index (χ1n) is 6.89. The number of alkyl halides is 3. The summed E-state index contributed by atoms with van der Waals surface area (Å²) in [6.07, 6.45) is -2.44. The van der Waals surface area contributed by atoms with Crippen molar-refractivity contribution in [2.24, 2.45) is 17.6 Å². The summed E-state index contributed by atoms with van der Waals surface area (Å²) in [6.45, 7) is 3.07. The Hall–Kier alpha value is -0.780. The summed E-state index contributed by atoms with van der Waals surface area (Å²) < 4.78 is 37.6.